The molecule has 1 amide bonds. The van der Waals surface area contributed by atoms with Crippen molar-refractivity contribution < 1.29 is 28.9 Å². The van der Waals surface area contributed by atoms with Crippen LogP contribution in [0.4, 0.5) is 4.39 Å². The van der Waals surface area contributed by atoms with Crippen LogP contribution in [0.25, 0.3) is 5.69 Å². The van der Waals surface area contributed by atoms with E-state index in [2.05, 4.69) is 10.4 Å². The summed E-state index contributed by atoms with van der Waals surface area (Å²) in [6.07, 6.45) is -0.140. The molecule has 0 bridgehead atoms. The fourth-order valence-corrected chi connectivity index (χ4v) is 3.40. The zero-order valence-corrected chi connectivity index (χ0v) is 20.8. The maximum atomic E-state index is 14.6. The standard InChI is InChI=1S/C27H29FN4O5/c1-17(2)27(3,36)16-37-24-14-22(31-32(24)23-7-5-4-6-21(23)28)26(35)30-20(13-25(33)34)12-18-8-10-19(15-29)11-9-18/h4-11,14,17,20,36H,12-13,16H2,1-3H3,(H,30,35)(H,33,34)/t20-,27?/m0/s1. The zero-order valence-electron chi connectivity index (χ0n) is 20.8. The Morgan fingerprint density at radius 2 is 1.89 bits per heavy atom. The molecule has 1 unspecified atom stereocenters. The van der Waals surface area contributed by atoms with Crippen molar-refractivity contribution in [2.75, 3.05) is 6.61 Å². The van der Waals surface area contributed by atoms with E-state index in [1.54, 1.807) is 37.3 Å². The van der Waals surface area contributed by atoms with Crippen LogP contribution in [0.15, 0.2) is 54.6 Å². The van der Waals surface area contributed by atoms with Gasteiger partial charge >= 0.3 is 5.97 Å². The summed E-state index contributed by atoms with van der Waals surface area (Å²) in [5.74, 6) is -2.47. The SMILES string of the molecule is CC(C)C(C)(O)COc1cc(C(=O)N[C@H](CC(=O)O)Cc2ccc(C#N)cc2)nn1-c1ccccc1F. The molecule has 0 aliphatic carbocycles. The molecule has 37 heavy (non-hydrogen) atoms. The van der Waals surface area contributed by atoms with Crippen molar-refractivity contribution in [1.82, 2.24) is 15.1 Å². The molecule has 0 radical (unpaired) electrons. The molecule has 1 heterocycles. The Balaban J connectivity index is 1.88. The highest BCUT2D eigenvalue weighted by Gasteiger charge is 2.28. The zero-order chi connectivity index (χ0) is 27.2. The molecular weight excluding hydrogens is 479 g/mol. The third-order valence-corrected chi connectivity index (χ3v) is 6.07. The van der Waals surface area contributed by atoms with Crippen LogP contribution in [0, 0.1) is 23.1 Å². The van der Waals surface area contributed by atoms with Crippen molar-refractivity contribution in [3.8, 4) is 17.6 Å². The smallest absolute Gasteiger partial charge is 0.305 e. The second kappa shape index (κ2) is 11.7. The van der Waals surface area contributed by atoms with Crippen LogP contribution in [-0.4, -0.2) is 50.1 Å². The highest BCUT2D eigenvalue weighted by Crippen LogP contribution is 2.25. The molecule has 2 aromatic carbocycles. The van der Waals surface area contributed by atoms with E-state index in [-0.39, 0.29) is 42.6 Å². The molecule has 9 nitrogen and oxygen atoms in total. The number of nitrogens with zero attached hydrogens (tertiary/aromatic N) is 3. The summed E-state index contributed by atoms with van der Waals surface area (Å²) >= 11 is 0. The molecule has 0 spiro atoms. The Morgan fingerprint density at radius 3 is 2.49 bits per heavy atom. The number of nitriles is 1. The molecule has 10 heteroatoms. The predicted molar refractivity (Wildman–Crippen MR) is 133 cm³/mol. The number of carboxylic acid groups (broad SMARTS) is 1. The molecule has 1 aromatic heterocycles. The molecule has 0 saturated heterocycles. The van der Waals surface area contributed by atoms with Gasteiger partial charge in [-0.05, 0) is 49.1 Å². The number of nitrogens with one attached hydrogen (secondary N) is 1. The summed E-state index contributed by atoms with van der Waals surface area (Å²) in [7, 11) is 0. The number of halogens is 1. The summed E-state index contributed by atoms with van der Waals surface area (Å²) in [5, 5.41) is 35.8. The monoisotopic (exact) mass is 508 g/mol. The molecule has 2 atom stereocenters. The van der Waals surface area contributed by atoms with Gasteiger partial charge in [0.2, 0.25) is 5.88 Å². The van der Waals surface area contributed by atoms with Crippen molar-refractivity contribution >= 4 is 11.9 Å². The minimum absolute atomic E-state index is 0.0399. The number of aromatic nitrogens is 2. The van der Waals surface area contributed by atoms with Gasteiger partial charge in [-0.3, -0.25) is 9.59 Å². The number of hydrogen-bond acceptors (Lipinski definition) is 6. The van der Waals surface area contributed by atoms with Gasteiger partial charge in [0.25, 0.3) is 5.91 Å². The summed E-state index contributed by atoms with van der Waals surface area (Å²) in [6, 6.07) is 15.0. The first-order valence-electron chi connectivity index (χ1n) is 11.7. The van der Waals surface area contributed by atoms with Gasteiger partial charge in [0.15, 0.2) is 5.69 Å². The first-order chi connectivity index (χ1) is 17.5. The maximum absolute atomic E-state index is 14.6. The Labute approximate surface area is 214 Å². The van der Waals surface area contributed by atoms with Crippen LogP contribution in [0.1, 0.15) is 48.8 Å². The Bertz CT molecular complexity index is 1290. The molecule has 0 fully saturated rings. The highest BCUT2D eigenvalue weighted by atomic mass is 19.1. The summed E-state index contributed by atoms with van der Waals surface area (Å²) < 4.78 is 21.5. The number of carboxylic acids is 1. The van der Waals surface area contributed by atoms with Crippen LogP contribution in [0.2, 0.25) is 0 Å². The first-order valence-corrected chi connectivity index (χ1v) is 11.7. The van der Waals surface area contributed by atoms with Gasteiger partial charge in [0.1, 0.15) is 18.1 Å². The maximum Gasteiger partial charge on any atom is 0.305 e. The lowest BCUT2D eigenvalue weighted by atomic mass is 9.94. The average molecular weight is 509 g/mol. The van der Waals surface area contributed by atoms with E-state index in [1.807, 2.05) is 19.9 Å². The van der Waals surface area contributed by atoms with Gasteiger partial charge in [-0.1, -0.05) is 38.1 Å². The number of para-hydroxylation sites is 1. The van der Waals surface area contributed by atoms with Crippen LogP contribution in [0.3, 0.4) is 0 Å². The highest BCUT2D eigenvalue weighted by molar-refractivity contribution is 5.93. The van der Waals surface area contributed by atoms with E-state index in [0.29, 0.717) is 5.56 Å². The van der Waals surface area contributed by atoms with Crippen LogP contribution < -0.4 is 10.1 Å². The lowest BCUT2D eigenvalue weighted by Crippen LogP contribution is -2.38. The van der Waals surface area contributed by atoms with E-state index in [4.69, 9.17) is 10.00 Å². The first kappa shape index (κ1) is 27.4. The predicted octanol–water partition coefficient (Wildman–Crippen LogP) is 3.48. The number of ether oxygens (including phenoxy) is 1. The summed E-state index contributed by atoms with van der Waals surface area (Å²) in [6.45, 7) is 5.13. The number of carbonyl (C=O) groups is 2. The number of carbonyl (C=O) groups excluding carboxylic acids is 1. The molecule has 3 rings (SSSR count). The van der Waals surface area contributed by atoms with E-state index >= 15 is 0 Å². The molecule has 0 aliphatic rings. The molecule has 3 aromatic rings. The lowest BCUT2D eigenvalue weighted by Gasteiger charge is -2.27. The Kier molecular flexibility index (Phi) is 8.63. The quantitative estimate of drug-likeness (QED) is 0.361. The fraction of sp³-hybridized carbons (Fsp3) is 0.333. The van der Waals surface area contributed by atoms with Gasteiger partial charge in [-0.25, -0.2) is 4.39 Å². The van der Waals surface area contributed by atoms with Gasteiger partial charge < -0.3 is 20.3 Å². The number of amides is 1. The molecule has 3 N–H and O–H groups in total. The van der Waals surface area contributed by atoms with Gasteiger partial charge in [0.05, 0.1) is 23.7 Å². The van der Waals surface area contributed by atoms with Crippen LogP contribution in [0.5, 0.6) is 5.88 Å². The van der Waals surface area contributed by atoms with Gasteiger partial charge in [0, 0.05) is 12.1 Å². The topological polar surface area (TPSA) is 137 Å². The largest absolute Gasteiger partial charge is 0.481 e. The third kappa shape index (κ3) is 7.15. The van der Waals surface area contributed by atoms with E-state index < -0.39 is 29.3 Å². The minimum atomic E-state index is -1.19. The number of aliphatic hydroxyl groups is 1. The molecule has 0 aliphatic heterocycles. The summed E-state index contributed by atoms with van der Waals surface area (Å²) in [4.78, 5) is 24.5. The normalized spacial score (nSPS) is 13.4. The second-order valence-electron chi connectivity index (χ2n) is 9.31. The van der Waals surface area contributed by atoms with Gasteiger partial charge in [-0.2, -0.15) is 15.0 Å². The lowest BCUT2D eigenvalue weighted by molar-refractivity contribution is -0.137. The van der Waals surface area contributed by atoms with Crippen molar-refractivity contribution in [2.45, 2.75) is 45.3 Å². The molecular formula is C27H29FN4O5. The number of benzene rings is 2. The van der Waals surface area contributed by atoms with Gasteiger partial charge in [-0.15, -0.1) is 0 Å². The number of hydrogen-bond donors (Lipinski definition) is 3. The van der Waals surface area contributed by atoms with Crippen LogP contribution >= 0.6 is 0 Å². The van der Waals surface area contributed by atoms with Crippen molar-refractivity contribution in [3.05, 3.63) is 77.2 Å². The van der Waals surface area contributed by atoms with E-state index in [0.717, 1.165) is 10.2 Å². The van der Waals surface area contributed by atoms with E-state index in [1.165, 1.54) is 24.3 Å². The van der Waals surface area contributed by atoms with E-state index in [9.17, 15) is 24.2 Å². The Morgan fingerprint density at radius 1 is 1.22 bits per heavy atom. The van der Waals surface area contributed by atoms with Crippen LogP contribution in [-0.2, 0) is 11.2 Å². The van der Waals surface area contributed by atoms with Crippen molar-refractivity contribution in [1.29, 1.82) is 5.26 Å². The fourth-order valence-electron chi connectivity index (χ4n) is 3.40. The Hall–Kier alpha value is -4.23. The molecule has 0 saturated carbocycles. The second-order valence-corrected chi connectivity index (χ2v) is 9.31. The van der Waals surface area contributed by atoms with Crippen molar-refractivity contribution in [3.63, 3.8) is 0 Å². The average Bonchev–Trinajstić information content (AvgIpc) is 3.27. The minimum Gasteiger partial charge on any atom is -0.481 e. The number of rotatable bonds is 11. The third-order valence-electron chi connectivity index (χ3n) is 6.07. The van der Waals surface area contributed by atoms with Crippen molar-refractivity contribution in [2.24, 2.45) is 5.92 Å². The summed E-state index contributed by atoms with van der Waals surface area (Å²) in [5.41, 5.74) is -0.0638. The molecule has 194 valence electrons. The number of aliphatic carboxylic acids is 1.